The molecule has 0 unspecified atom stereocenters. The van der Waals surface area contributed by atoms with E-state index < -0.39 is 5.97 Å². The number of aryl methyl sites for hydroxylation is 2. The fourth-order valence-electron chi connectivity index (χ4n) is 1.21. The molecule has 1 aromatic heterocycles. The van der Waals surface area contributed by atoms with Gasteiger partial charge in [-0.15, -0.1) is 0 Å². The molecule has 0 amide bonds. The van der Waals surface area contributed by atoms with Crippen LogP contribution < -0.4 is 5.56 Å². The standard InChI is InChI=1S/C10H12N2O3/c1-6(10(14)15)5-12-8(3)11-7(2)4-9(12)13/h4H,1,5H2,2-3H3,(H,14,15). The van der Waals surface area contributed by atoms with E-state index in [0.717, 1.165) is 0 Å². The maximum atomic E-state index is 11.5. The number of carboxylic acids is 1. The summed E-state index contributed by atoms with van der Waals surface area (Å²) in [7, 11) is 0. The second kappa shape index (κ2) is 4.08. The highest BCUT2D eigenvalue weighted by atomic mass is 16.4. The van der Waals surface area contributed by atoms with Crippen LogP contribution in [0.25, 0.3) is 0 Å². The minimum absolute atomic E-state index is 0.0344. The van der Waals surface area contributed by atoms with Crippen molar-refractivity contribution in [2.24, 2.45) is 0 Å². The highest BCUT2D eigenvalue weighted by Crippen LogP contribution is 1.99. The topological polar surface area (TPSA) is 72.2 Å². The fraction of sp³-hybridized carbons (Fsp3) is 0.300. The molecule has 1 heterocycles. The lowest BCUT2D eigenvalue weighted by atomic mass is 10.3. The molecule has 0 aliphatic heterocycles. The molecule has 15 heavy (non-hydrogen) atoms. The largest absolute Gasteiger partial charge is 0.478 e. The van der Waals surface area contributed by atoms with Crippen molar-refractivity contribution in [2.75, 3.05) is 0 Å². The summed E-state index contributed by atoms with van der Waals surface area (Å²) in [5, 5.41) is 8.64. The van der Waals surface area contributed by atoms with E-state index in [2.05, 4.69) is 11.6 Å². The molecule has 1 rings (SSSR count). The maximum Gasteiger partial charge on any atom is 0.332 e. The average Bonchev–Trinajstić information content (AvgIpc) is 2.10. The van der Waals surface area contributed by atoms with E-state index in [1.54, 1.807) is 13.8 Å². The molecule has 5 heteroatoms. The zero-order valence-electron chi connectivity index (χ0n) is 8.65. The third kappa shape index (κ3) is 2.52. The normalized spacial score (nSPS) is 10.0. The van der Waals surface area contributed by atoms with E-state index in [0.29, 0.717) is 11.5 Å². The molecule has 0 aliphatic carbocycles. The predicted molar refractivity (Wildman–Crippen MR) is 54.7 cm³/mol. The van der Waals surface area contributed by atoms with Gasteiger partial charge < -0.3 is 5.11 Å². The van der Waals surface area contributed by atoms with E-state index in [9.17, 15) is 9.59 Å². The fourth-order valence-corrected chi connectivity index (χ4v) is 1.21. The van der Waals surface area contributed by atoms with Gasteiger partial charge in [0.15, 0.2) is 0 Å². The van der Waals surface area contributed by atoms with Gasteiger partial charge in [-0.2, -0.15) is 0 Å². The van der Waals surface area contributed by atoms with Crippen LogP contribution in [0.2, 0.25) is 0 Å². The minimum Gasteiger partial charge on any atom is -0.478 e. The summed E-state index contributed by atoms with van der Waals surface area (Å²) >= 11 is 0. The van der Waals surface area contributed by atoms with Crippen molar-refractivity contribution >= 4 is 5.97 Å². The van der Waals surface area contributed by atoms with Crippen LogP contribution in [0.15, 0.2) is 23.0 Å². The Hall–Kier alpha value is -1.91. The van der Waals surface area contributed by atoms with Gasteiger partial charge in [0.25, 0.3) is 5.56 Å². The third-order valence-electron chi connectivity index (χ3n) is 1.98. The molecular formula is C10H12N2O3. The molecule has 0 saturated heterocycles. The summed E-state index contributed by atoms with van der Waals surface area (Å²) < 4.78 is 1.28. The molecule has 0 radical (unpaired) electrons. The van der Waals surface area contributed by atoms with Crippen LogP contribution in [-0.2, 0) is 11.3 Å². The zero-order valence-corrected chi connectivity index (χ0v) is 8.65. The summed E-state index contributed by atoms with van der Waals surface area (Å²) in [4.78, 5) is 26.1. The summed E-state index contributed by atoms with van der Waals surface area (Å²) in [5.41, 5.74) is 0.322. The first-order valence-corrected chi connectivity index (χ1v) is 4.38. The van der Waals surface area contributed by atoms with Crippen LogP contribution in [0.5, 0.6) is 0 Å². The van der Waals surface area contributed by atoms with Gasteiger partial charge in [-0.05, 0) is 13.8 Å². The van der Waals surface area contributed by atoms with E-state index in [1.807, 2.05) is 0 Å². The number of rotatable bonds is 3. The summed E-state index contributed by atoms with van der Waals surface area (Å²) in [6, 6.07) is 1.36. The summed E-state index contributed by atoms with van der Waals surface area (Å²) in [5.74, 6) is -0.621. The minimum atomic E-state index is -1.11. The molecule has 1 aromatic rings. The van der Waals surface area contributed by atoms with Crippen LogP contribution in [-0.4, -0.2) is 20.6 Å². The van der Waals surface area contributed by atoms with Crippen molar-refractivity contribution in [1.82, 2.24) is 9.55 Å². The van der Waals surface area contributed by atoms with Crippen LogP contribution in [0.3, 0.4) is 0 Å². The molecule has 0 bridgehead atoms. The lowest BCUT2D eigenvalue weighted by Gasteiger charge is -2.08. The first-order chi connectivity index (χ1) is 6.91. The molecule has 0 aromatic carbocycles. The van der Waals surface area contributed by atoms with Gasteiger partial charge in [0, 0.05) is 17.3 Å². The van der Waals surface area contributed by atoms with Crippen molar-refractivity contribution in [3.63, 3.8) is 0 Å². The summed E-state index contributed by atoms with van der Waals surface area (Å²) in [6.45, 7) is 6.70. The van der Waals surface area contributed by atoms with Gasteiger partial charge in [-0.25, -0.2) is 9.78 Å². The lowest BCUT2D eigenvalue weighted by Crippen LogP contribution is -2.25. The number of carbonyl (C=O) groups is 1. The Kier molecular flexibility index (Phi) is 3.04. The summed E-state index contributed by atoms with van der Waals surface area (Å²) in [6.07, 6.45) is 0. The molecule has 1 N–H and O–H groups in total. The maximum absolute atomic E-state index is 11.5. The second-order valence-corrected chi connectivity index (χ2v) is 3.28. The SMILES string of the molecule is C=C(Cn1c(C)nc(C)cc1=O)C(=O)O. The van der Waals surface area contributed by atoms with Crippen molar-refractivity contribution in [2.45, 2.75) is 20.4 Å². The van der Waals surface area contributed by atoms with Crippen molar-refractivity contribution in [3.8, 4) is 0 Å². The average molecular weight is 208 g/mol. The van der Waals surface area contributed by atoms with Gasteiger partial charge in [0.1, 0.15) is 5.82 Å². The number of aromatic nitrogens is 2. The molecular weight excluding hydrogens is 196 g/mol. The Labute approximate surface area is 86.7 Å². The second-order valence-electron chi connectivity index (χ2n) is 3.28. The van der Waals surface area contributed by atoms with E-state index in [-0.39, 0.29) is 17.7 Å². The van der Waals surface area contributed by atoms with Crippen LogP contribution in [0.1, 0.15) is 11.5 Å². The molecule has 0 saturated carbocycles. The highest BCUT2D eigenvalue weighted by Gasteiger charge is 2.08. The number of nitrogens with zero attached hydrogens (tertiary/aromatic N) is 2. The molecule has 0 atom stereocenters. The Balaban J connectivity index is 3.11. The van der Waals surface area contributed by atoms with Crippen molar-refractivity contribution in [1.29, 1.82) is 0 Å². The smallest absolute Gasteiger partial charge is 0.332 e. The first-order valence-electron chi connectivity index (χ1n) is 4.38. The Bertz CT molecular complexity index is 474. The zero-order chi connectivity index (χ0) is 11.6. The number of hydrogen-bond donors (Lipinski definition) is 1. The molecule has 0 fully saturated rings. The van der Waals surface area contributed by atoms with Crippen LogP contribution >= 0.6 is 0 Å². The van der Waals surface area contributed by atoms with Gasteiger partial charge in [0.2, 0.25) is 0 Å². The van der Waals surface area contributed by atoms with Crippen LogP contribution in [0, 0.1) is 13.8 Å². The molecule has 0 spiro atoms. The number of hydrogen-bond acceptors (Lipinski definition) is 3. The van der Waals surface area contributed by atoms with E-state index >= 15 is 0 Å². The lowest BCUT2D eigenvalue weighted by molar-refractivity contribution is -0.132. The highest BCUT2D eigenvalue weighted by molar-refractivity contribution is 5.85. The van der Waals surface area contributed by atoms with E-state index in [4.69, 9.17) is 5.11 Å². The monoisotopic (exact) mass is 208 g/mol. The molecule has 0 aliphatic rings. The predicted octanol–water partition coefficient (Wildman–Crippen LogP) is 0.501. The van der Waals surface area contributed by atoms with Gasteiger partial charge >= 0.3 is 5.97 Å². The number of aliphatic carboxylic acids is 1. The molecule has 5 nitrogen and oxygen atoms in total. The Morgan fingerprint density at radius 3 is 2.67 bits per heavy atom. The van der Waals surface area contributed by atoms with Crippen molar-refractivity contribution < 1.29 is 9.90 Å². The Morgan fingerprint density at radius 1 is 1.60 bits per heavy atom. The van der Waals surface area contributed by atoms with Crippen LogP contribution in [0.4, 0.5) is 0 Å². The number of carboxylic acid groups (broad SMARTS) is 1. The first kappa shape index (κ1) is 11.2. The van der Waals surface area contributed by atoms with Gasteiger partial charge in [-0.3, -0.25) is 9.36 Å². The Morgan fingerprint density at radius 2 is 2.20 bits per heavy atom. The molecule has 80 valence electrons. The van der Waals surface area contributed by atoms with E-state index in [1.165, 1.54) is 10.6 Å². The third-order valence-corrected chi connectivity index (χ3v) is 1.98. The quantitative estimate of drug-likeness (QED) is 0.734. The van der Waals surface area contributed by atoms with Gasteiger partial charge in [-0.1, -0.05) is 6.58 Å². The van der Waals surface area contributed by atoms with Gasteiger partial charge in [0.05, 0.1) is 6.54 Å². The van der Waals surface area contributed by atoms with Crippen molar-refractivity contribution in [3.05, 3.63) is 40.1 Å².